The summed E-state index contributed by atoms with van der Waals surface area (Å²) in [6.07, 6.45) is 6.09. The summed E-state index contributed by atoms with van der Waals surface area (Å²) in [6, 6.07) is 7.69. The van der Waals surface area contributed by atoms with Crippen LogP contribution in [0.5, 0.6) is 0 Å². The van der Waals surface area contributed by atoms with Gasteiger partial charge < -0.3 is 15.2 Å². The molecule has 0 radical (unpaired) electrons. The second-order valence-corrected chi connectivity index (χ2v) is 10.4. The van der Waals surface area contributed by atoms with Gasteiger partial charge in [-0.1, -0.05) is 23.2 Å². The molecule has 2 aliphatic rings. The largest absolute Gasteiger partial charge is 0.337 e. The number of nitrogens with two attached hydrogens (primary N) is 1. The minimum absolute atomic E-state index is 0.0194. The summed E-state index contributed by atoms with van der Waals surface area (Å²) in [7, 11) is 0. The molecule has 5 heterocycles. The number of nitrogens with zero attached hydrogens (tertiary/aromatic N) is 5. The number of likely N-dealkylation sites (tertiary alicyclic amines) is 1. The molecule has 0 spiro atoms. The van der Waals surface area contributed by atoms with Crippen LogP contribution in [-0.4, -0.2) is 49.1 Å². The molecular weight excluding hydrogens is 471 g/mol. The molecule has 7 nitrogen and oxygen atoms in total. The summed E-state index contributed by atoms with van der Waals surface area (Å²) in [6.45, 7) is 4.18. The van der Waals surface area contributed by atoms with E-state index >= 15 is 0 Å². The fraction of sp³-hybridized carbons (Fsp3) is 0.400. The Labute approximate surface area is 207 Å². The van der Waals surface area contributed by atoms with E-state index in [1.54, 1.807) is 16.8 Å². The molecule has 1 amide bonds. The lowest BCUT2D eigenvalue weighted by Crippen LogP contribution is -2.45. The van der Waals surface area contributed by atoms with Gasteiger partial charge in [0.1, 0.15) is 16.5 Å². The lowest BCUT2D eigenvalue weighted by molar-refractivity contribution is 0.0708. The van der Waals surface area contributed by atoms with Crippen LogP contribution in [0.2, 0.25) is 10.2 Å². The lowest BCUT2D eigenvalue weighted by Gasteiger charge is -2.30. The van der Waals surface area contributed by atoms with Crippen molar-refractivity contribution < 1.29 is 4.79 Å². The fourth-order valence-electron chi connectivity index (χ4n) is 5.05. The van der Waals surface area contributed by atoms with Crippen molar-refractivity contribution in [1.82, 2.24) is 24.1 Å². The van der Waals surface area contributed by atoms with E-state index in [0.29, 0.717) is 34.7 Å². The quantitative estimate of drug-likeness (QED) is 0.405. The van der Waals surface area contributed by atoms with Crippen LogP contribution in [0, 0.1) is 12.8 Å². The van der Waals surface area contributed by atoms with Crippen molar-refractivity contribution >= 4 is 45.7 Å². The number of carbonyl (C=O) groups excluding carboxylic acids is 1. The normalized spacial score (nSPS) is 18.8. The van der Waals surface area contributed by atoms with Crippen molar-refractivity contribution in [3.05, 3.63) is 51.8 Å². The van der Waals surface area contributed by atoms with Gasteiger partial charge in [-0.25, -0.2) is 9.50 Å². The molecule has 1 saturated carbocycles. The first-order valence-corrected chi connectivity index (χ1v) is 12.5. The van der Waals surface area contributed by atoms with Gasteiger partial charge in [0.05, 0.1) is 21.8 Å². The van der Waals surface area contributed by atoms with Crippen LogP contribution in [0.15, 0.2) is 30.5 Å². The predicted octanol–water partition coefficient (Wildman–Crippen LogP) is 4.94. The van der Waals surface area contributed by atoms with E-state index in [0.717, 1.165) is 52.9 Å². The maximum absolute atomic E-state index is 13.2. The number of fused-ring (bicyclic) bond motifs is 2. The summed E-state index contributed by atoms with van der Waals surface area (Å²) >= 11 is 12.9. The standard InChI is InChI=1S/C25H26Cl2N6O/c1-14-22(20-10-16-6-7-21(27)29-24(16)32(20)11-15-4-5-15)30-33-12-17(9-19(26)23(14)33)25(34)31-8-2-3-18(28)13-31/h6-7,9-10,12,15,18H,2-5,8,11,13,28H2,1H3. The van der Waals surface area contributed by atoms with Crippen molar-refractivity contribution in [2.45, 2.75) is 45.2 Å². The number of piperidine rings is 1. The van der Waals surface area contributed by atoms with E-state index in [-0.39, 0.29) is 11.9 Å². The third-order valence-corrected chi connectivity index (χ3v) is 7.50. The first-order valence-electron chi connectivity index (χ1n) is 11.8. The van der Waals surface area contributed by atoms with Crippen LogP contribution in [-0.2, 0) is 6.54 Å². The molecule has 176 valence electrons. The van der Waals surface area contributed by atoms with Gasteiger partial charge in [-0.2, -0.15) is 5.10 Å². The number of hydrogen-bond acceptors (Lipinski definition) is 4. The van der Waals surface area contributed by atoms with Crippen molar-refractivity contribution in [3.8, 4) is 11.4 Å². The average molecular weight is 497 g/mol. The molecule has 1 saturated heterocycles. The smallest absolute Gasteiger partial charge is 0.255 e. The Morgan fingerprint density at radius 2 is 2.03 bits per heavy atom. The number of aromatic nitrogens is 4. The maximum Gasteiger partial charge on any atom is 0.255 e. The van der Waals surface area contributed by atoms with Crippen LogP contribution in [0.4, 0.5) is 0 Å². The monoisotopic (exact) mass is 496 g/mol. The third-order valence-electron chi connectivity index (χ3n) is 7.00. The van der Waals surface area contributed by atoms with Gasteiger partial charge in [0.25, 0.3) is 5.91 Å². The number of hydrogen-bond donors (Lipinski definition) is 1. The van der Waals surface area contributed by atoms with Gasteiger partial charge in [0.2, 0.25) is 0 Å². The van der Waals surface area contributed by atoms with Gasteiger partial charge in [0, 0.05) is 42.8 Å². The maximum atomic E-state index is 13.2. The highest BCUT2D eigenvalue weighted by molar-refractivity contribution is 6.34. The topological polar surface area (TPSA) is 81.5 Å². The third kappa shape index (κ3) is 3.76. The van der Waals surface area contributed by atoms with Crippen LogP contribution in [0.1, 0.15) is 41.6 Å². The molecular formula is C25H26Cl2N6O. The molecule has 1 unspecified atom stereocenters. The molecule has 4 aromatic heterocycles. The SMILES string of the molecule is Cc1c(-c2cc3ccc(Cl)nc3n2CC2CC2)nn2cc(C(=O)N3CCCC(N)C3)cc(Cl)c12. The Kier molecular flexibility index (Phi) is 5.32. The van der Waals surface area contributed by atoms with Gasteiger partial charge in [-0.3, -0.25) is 4.79 Å². The lowest BCUT2D eigenvalue weighted by atomic mass is 10.1. The molecule has 1 aliphatic carbocycles. The Bertz CT molecular complexity index is 1440. The second kappa shape index (κ2) is 8.26. The van der Waals surface area contributed by atoms with Gasteiger partial charge >= 0.3 is 0 Å². The number of halogens is 2. The molecule has 4 aromatic rings. The van der Waals surface area contributed by atoms with Crippen molar-refractivity contribution in [1.29, 1.82) is 0 Å². The summed E-state index contributed by atoms with van der Waals surface area (Å²) in [4.78, 5) is 19.6. The minimum atomic E-state index is -0.0599. The van der Waals surface area contributed by atoms with Crippen LogP contribution in [0.25, 0.3) is 27.9 Å². The van der Waals surface area contributed by atoms with E-state index in [1.807, 2.05) is 24.0 Å². The molecule has 1 aliphatic heterocycles. The van der Waals surface area contributed by atoms with E-state index in [9.17, 15) is 4.79 Å². The van der Waals surface area contributed by atoms with Crippen molar-refractivity contribution in [2.75, 3.05) is 13.1 Å². The molecule has 6 rings (SSSR count). The van der Waals surface area contributed by atoms with Gasteiger partial charge in [0.15, 0.2) is 0 Å². The zero-order valence-corrected chi connectivity index (χ0v) is 20.5. The van der Waals surface area contributed by atoms with Crippen molar-refractivity contribution in [2.24, 2.45) is 11.7 Å². The Morgan fingerprint density at radius 3 is 2.79 bits per heavy atom. The van der Waals surface area contributed by atoms with E-state index in [2.05, 4.69) is 15.6 Å². The Morgan fingerprint density at radius 1 is 1.21 bits per heavy atom. The van der Waals surface area contributed by atoms with Gasteiger partial charge in [-0.05, 0) is 62.8 Å². The Hall–Kier alpha value is -2.61. The first-order chi connectivity index (χ1) is 16.4. The highest BCUT2D eigenvalue weighted by Crippen LogP contribution is 2.38. The predicted molar refractivity (Wildman–Crippen MR) is 135 cm³/mol. The van der Waals surface area contributed by atoms with E-state index in [1.165, 1.54) is 12.8 Å². The molecule has 0 bridgehead atoms. The second-order valence-electron chi connectivity index (χ2n) is 9.63. The first kappa shape index (κ1) is 21.9. The summed E-state index contributed by atoms with van der Waals surface area (Å²) < 4.78 is 3.96. The number of carbonyl (C=O) groups is 1. The van der Waals surface area contributed by atoms with Crippen LogP contribution in [0.3, 0.4) is 0 Å². The van der Waals surface area contributed by atoms with Crippen molar-refractivity contribution in [3.63, 3.8) is 0 Å². The fourth-order valence-corrected chi connectivity index (χ4v) is 5.54. The molecule has 0 aromatic carbocycles. The summed E-state index contributed by atoms with van der Waals surface area (Å²) in [5, 5.41) is 6.92. The zero-order chi connectivity index (χ0) is 23.6. The van der Waals surface area contributed by atoms with Gasteiger partial charge in [-0.15, -0.1) is 0 Å². The summed E-state index contributed by atoms with van der Waals surface area (Å²) in [5.41, 5.74) is 11.1. The number of rotatable bonds is 4. The Balaban J connectivity index is 1.46. The van der Waals surface area contributed by atoms with Crippen LogP contribution < -0.4 is 5.73 Å². The van der Waals surface area contributed by atoms with Crippen LogP contribution >= 0.6 is 23.2 Å². The van der Waals surface area contributed by atoms with E-state index in [4.69, 9.17) is 34.0 Å². The molecule has 1 atom stereocenters. The zero-order valence-electron chi connectivity index (χ0n) is 19.0. The average Bonchev–Trinajstić information content (AvgIpc) is 3.48. The summed E-state index contributed by atoms with van der Waals surface area (Å²) in [5.74, 6) is 0.589. The highest BCUT2D eigenvalue weighted by atomic mass is 35.5. The highest BCUT2D eigenvalue weighted by Gasteiger charge is 2.27. The number of aryl methyl sites for hydroxylation is 1. The van der Waals surface area contributed by atoms with E-state index < -0.39 is 0 Å². The number of amides is 1. The molecule has 34 heavy (non-hydrogen) atoms. The molecule has 2 fully saturated rings. The number of pyridine rings is 2. The molecule has 9 heteroatoms. The minimum Gasteiger partial charge on any atom is -0.337 e. The molecule has 2 N–H and O–H groups in total.